The van der Waals surface area contributed by atoms with Crippen LogP contribution in [0.2, 0.25) is 10.0 Å². The molecule has 1 heterocycles. The largest absolute Gasteiger partial charge is 0.313 e. The molecular formula is C11H12Cl2N4. The summed E-state index contributed by atoms with van der Waals surface area (Å²) in [7, 11) is 1.87. The summed E-state index contributed by atoms with van der Waals surface area (Å²) in [5, 5.41) is 8.48. The molecule has 0 saturated heterocycles. The van der Waals surface area contributed by atoms with Gasteiger partial charge in [-0.2, -0.15) is 5.10 Å². The van der Waals surface area contributed by atoms with E-state index in [0.717, 1.165) is 11.4 Å². The number of rotatable bonds is 4. The number of benzene rings is 1. The van der Waals surface area contributed by atoms with Crippen molar-refractivity contribution in [2.45, 2.75) is 13.1 Å². The number of nitrogens with zero attached hydrogens (tertiary/aromatic N) is 3. The molecule has 0 atom stereocenters. The van der Waals surface area contributed by atoms with Crippen LogP contribution in [-0.2, 0) is 13.1 Å². The van der Waals surface area contributed by atoms with Crippen molar-refractivity contribution in [3.63, 3.8) is 0 Å². The van der Waals surface area contributed by atoms with E-state index in [1.807, 2.05) is 23.9 Å². The molecule has 0 radical (unpaired) electrons. The molecule has 4 nitrogen and oxygen atoms in total. The molecule has 0 spiro atoms. The molecule has 0 amide bonds. The summed E-state index contributed by atoms with van der Waals surface area (Å²) in [6.45, 7) is 1.26. The van der Waals surface area contributed by atoms with Crippen molar-refractivity contribution in [2.75, 3.05) is 7.05 Å². The van der Waals surface area contributed by atoms with Crippen LogP contribution in [0.15, 0.2) is 24.5 Å². The van der Waals surface area contributed by atoms with Crippen molar-refractivity contribution in [1.82, 2.24) is 20.1 Å². The van der Waals surface area contributed by atoms with Gasteiger partial charge in [0.2, 0.25) is 0 Å². The maximum atomic E-state index is 6.11. The third kappa shape index (κ3) is 2.97. The number of aromatic nitrogens is 3. The molecule has 2 aromatic rings. The molecule has 0 aliphatic carbocycles. The molecule has 0 bridgehead atoms. The minimum atomic E-state index is 0.590. The average Bonchev–Trinajstić information content (AvgIpc) is 2.71. The summed E-state index contributed by atoms with van der Waals surface area (Å²) < 4.78 is 1.81. The van der Waals surface area contributed by atoms with Crippen molar-refractivity contribution >= 4 is 23.2 Å². The topological polar surface area (TPSA) is 42.7 Å². The van der Waals surface area contributed by atoms with Gasteiger partial charge in [-0.15, -0.1) is 0 Å². The highest BCUT2D eigenvalue weighted by Crippen LogP contribution is 2.21. The summed E-state index contributed by atoms with van der Waals surface area (Å²) in [4.78, 5) is 4.17. The Kier molecular flexibility index (Phi) is 3.99. The van der Waals surface area contributed by atoms with Crippen LogP contribution in [-0.4, -0.2) is 21.8 Å². The van der Waals surface area contributed by atoms with Gasteiger partial charge in [0, 0.05) is 10.0 Å². The van der Waals surface area contributed by atoms with Gasteiger partial charge < -0.3 is 5.32 Å². The van der Waals surface area contributed by atoms with Crippen molar-refractivity contribution in [1.29, 1.82) is 0 Å². The lowest BCUT2D eigenvalue weighted by atomic mass is 10.2. The van der Waals surface area contributed by atoms with Gasteiger partial charge in [0.1, 0.15) is 12.2 Å². The number of hydrogen-bond acceptors (Lipinski definition) is 3. The van der Waals surface area contributed by atoms with Crippen LogP contribution in [0.4, 0.5) is 0 Å². The fraction of sp³-hybridized carbons (Fsp3) is 0.273. The van der Waals surface area contributed by atoms with E-state index < -0.39 is 0 Å². The second-order valence-corrected chi connectivity index (χ2v) is 4.44. The Labute approximate surface area is 110 Å². The minimum Gasteiger partial charge on any atom is -0.313 e. The van der Waals surface area contributed by atoms with Crippen LogP contribution in [0, 0.1) is 0 Å². The highest BCUT2D eigenvalue weighted by molar-refractivity contribution is 6.35. The molecule has 6 heteroatoms. The minimum absolute atomic E-state index is 0.590. The lowest BCUT2D eigenvalue weighted by Gasteiger charge is -2.07. The monoisotopic (exact) mass is 270 g/mol. The fourth-order valence-corrected chi connectivity index (χ4v) is 1.99. The first-order chi connectivity index (χ1) is 8.20. The first kappa shape index (κ1) is 12.4. The predicted octanol–water partition coefficient (Wildman–Crippen LogP) is 2.35. The molecule has 1 N–H and O–H groups in total. The van der Waals surface area contributed by atoms with E-state index in [-0.39, 0.29) is 0 Å². The van der Waals surface area contributed by atoms with Crippen LogP contribution >= 0.6 is 23.2 Å². The Morgan fingerprint density at radius 2 is 2.18 bits per heavy atom. The normalized spacial score (nSPS) is 10.8. The molecule has 0 unspecified atom stereocenters. The first-order valence-electron chi connectivity index (χ1n) is 5.16. The summed E-state index contributed by atoms with van der Waals surface area (Å²) in [5.74, 6) is 0.874. The summed E-state index contributed by atoms with van der Waals surface area (Å²) >= 11 is 12.0. The molecule has 1 aromatic carbocycles. The zero-order valence-electron chi connectivity index (χ0n) is 9.32. The van der Waals surface area contributed by atoms with Gasteiger partial charge in [-0.05, 0) is 24.7 Å². The van der Waals surface area contributed by atoms with Crippen LogP contribution in [0.1, 0.15) is 11.4 Å². The standard InChI is InChI=1S/C11H12Cl2N4/c1-14-5-11-15-7-16-17(11)6-8-2-3-9(12)4-10(8)13/h2-4,7,14H,5-6H2,1H3. The summed E-state index contributed by atoms with van der Waals surface area (Å²) in [5.41, 5.74) is 0.971. The quantitative estimate of drug-likeness (QED) is 0.928. The van der Waals surface area contributed by atoms with Crippen LogP contribution in [0.3, 0.4) is 0 Å². The molecule has 0 fully saturated rings. The lowest BCUT2D eigenvalue weighted by Crippen LogP contribution is -2.14. The molecule has 0 saturated carbocycles. The third-order valence-electron chi connectivity index (χ3n) is 2.37. The predicted molar refractivity (Wildman–Crippen MR) is 68.3 cm³/mol. The van der Waals surface area contributed by atoms with Crippen LogP contribution in [0.5, 0.6) is 0 Å². The van der Waals surface area contributed by atoms with Gasteiger partial charge in [0.05, 0.1) is 13.1 Å². The lowest BCUT2D eigenvalue weighted by molar-refractivity contribution is 0.613. The van der Waals surface area contributed by atoms with Gasteiger partial charge in [-0.1, -0.05) is 29.3 Å². The molecule has 0 aliphatic heterocycles. The summed E-state index contributed by atoms with van der Waals surface area (Å²) in [6, 6.07) is 5.44. The van der Waals surface area contributed by atoms with Crippen molar-refractivity contribution in [2.24, 2.45) is 0 Å². The van der Waals surface area contributed by atoms with Crippen molar-refractivity contribution < 1.29 is 0 Å². The van der Waals surface area contributed by atoms with E-state index in [4.69, 9.17) is 23.2 Å². The Balaban J connectivity index is 2.22. The number of nitrogens with one attached hydrogen (secondary N) is 1. The van der Waals surface area contributed by atoms with Gasteiger partial charge in [0.15, 0.2) is 0 Å². The SMILES string of the molecule is CNCc1ncnn1Cc1ccc(Cl)cc1Cl. The van der Waals surface area contributed by atoms with E-state index in [0.29, 0.717) is 23.1 Å². The van der Waals surface area contributed by atoms with Gasteiger partial charge in [-0.25, -0.2) is 9.67 Å². The molecule has 90 valence electrons. The Morgan fingerprint density at radius 1 is 1.35 bits per heavy atom. The number of hydrogen-bond donors (Lipinski definition) is 1. The third-order valence-corrected chi connectivity index (χ3v) is 2.95. The number of halogens is 2. The molecule has 2 rings (SSSR count). The zero-order chi connectivity index (χ0) is 12.3. The zero-order valence-corrected chi connectivity index (χ0v) is 10.8. The van der Waals surface area contributed by atoms with Gasteiger partial charge in [-0.3, -0.25) is 0 Å². The van der Waals surface area contributed by atoms with E-state index in [1.54, 1.807) is 6.07 Å². The molecule has 0 aliphatic rings. The van der Waals surface area contributed by atoms with E-state index >= 15 is 0 Å². The van der Waals surface area contributed by atoms with E-state index in [2.05, 4.69) is 15.4 Å². The summed E-state index contributed by atoms with van der Waals surface area (Å²) in [6.07, 6.45) is 1.54. The van der Waals surface area contributed by atoms with Gasteiger partial charge in [0.25, 0.3) is 0 Å². The fourth-order valence-electron chi connectivity index (χ4n) is 1.53. The first-order valence-corrected chi connectivity index (χ1v) is 5.91. The smallest absolute Gasteiger partial charge is 0.141 e. The van der Waals surface area contributed by atoms with Gasteiger partial charge >= 0.3 is 0 Å². The highest BCUT2D eigenvalue weighted by atomic mass is 35.5. The van der Waals surface area contributed by atoms with Crippen molar-refractivity contribution in [3.05, 3.63) is 46.0 Å². The second-order valence-electron chi connectivity index (χ2n) is 3.60. The van der Waals surface area contributed by atoms with Crippen LogP contribution in [0.25, 0.3) is 0 Å². The van der Waals surface area contributed by atoms with E-state index in [9.17, 15) is 0 Å². The Bertz CT molecular complexity index is 510. The molecule has 1 aromatic heterocycles. The van der Waals surface area contributed by atoms with Crippen LogP contribution < -0.4 is 5.32 Å². The maximum absolute atomic E-state index is 6.11. The Morgan fingerprint density at radius 3 is 2.88 bits per heavy atom. The molecular weight excluding hydrogens is 259 g/mol. The van der Waals surface area contributed by atoms with E-state index in [1.165, 1.54) is 6.33 Å². The highest BCUT2D eigenvalue weighted by Gasteiger charge is 2.07. The maximum Gasteiger partial charge on any atom is 0.141 e. The Hall–Kier alpha value is -1.10. The average molecular weight is 271 g/mol. The molecule has 17 heavy (non-hydrogen) atoms. The second kappa shape index (κ2) is 5.49. The van der Waals surface area contributed by atoms with Crippen molar-refractivity contribution in [3.8, 4) is 0 Å².